The molecule has 0 bridgehead atoms. The minimum atomic E-state index is 0.775. The highest BCUT2D eigenvalue weighted by Gasteiger charge is 2.24. The average molecular weight is 308 g/mol. The van der Waals surface area contributed by atoms with E-state index in [1.165, 1.54) is 61.0 Å². The summed E-state index contributed by atoms with van der Waals surface area (Å²) in [6.07, 6.45) is 5.30. The highest BCUT2D eigenvalue weighted by molar-refractivity contribution is 7.15. The van der Waals surface area contributed by atoms with E-state index in [4.69, 9.17) is 4.98 Å². The third-order valence-electron chi connectivity index (χ3n) is 4.52. The normalized spacial score (nSPS) is 20.5. The monoisotopic (exact) mass is 308 g/mol. The molecule has 2 fully saturated rings. The average Bonchev–Trinajstić information content (AvgIpc) is 3.20. The van der Waals surface area contributed by atoms with Gasteiger partial charge >= 0.3 is 0 Å². The van der Waals surface area contributed by atoms with Crippen molar-refractivity contribution in [2.45, 2.75) is 45.2 Å². The van der Waals surface area contributed by atoms with Crippen molar-refractivity contribution in [1.82, 2.24) is 15.2 Å². The maximum absolute atomic E-state index is 4.81. The van der Waals surface area contributed by atoms with Gasteiger partial charge < -0.3 is 15.1 Å². The van der Waals surface area contributed by atoms with Crippen LogP contribution < -0.4 is 10.2 Å². The second-order valence-corrected chi connectivity index (χ2v) is 7.91. The summed E-state index contributed by atoms with van der Waals surface area (Å²) in [4.78, 5) is 11.0. The van der Waals surface area contributed by atoms with E-state index < -0.39 is 0 Å². The van der Waals surface area contributed by atoms with E-state index in [1.807, 2.05) is 11.3 Å². The second kappa shape index (κ2) is 6.63. The lowest BCUT2D eigenvalue weighted by Gasteiger charge is -2.33. The third-order valence-corrected chi connectivity index (χ3v) is 5.74. The van der Waals surface area contributed by atoms with Crippen LogP contribution in [0, 0.1) is 12.8 Å². The molecule has 0 unspecified atom stereocenters. The molecule has 1 aromatic heterocycles. The van der Waals surface area contributed by atoms with Gasteiger partial charge in [0.1, 0.15) is 0 Å². The van der Waals surface area contributed by atoms with Crippen molar-refractivity contribution < 1.29 is 0 Å². The predicted molar refractivity (Wildman–Crippen MR) is 90.2 cm³/mol. The van der Waals surface area contributed by atoms with Crippen molar-refractivity contribution in [3.63, 3.8) is 0 Å². The number of nitrogens with zero attached hydrogens (tertiary/aromatic N) is 3. The van der Waals surface area contributed by atoms with Gasteiger partial charge in [0.15, 0.2) is 5.13 Å². The number of nitrogens with one attached hydrogen (secondary N) is 1. The molecule has 1 saturated carbocycles. The highest BCUT2D eigenvalue weighted by Crippen LogP contribution is 2.30. The zero-order chi connectivity index (χ0) is 14.8. The molecule has 0 aromatic carbocycles. The number of aryl methyl sites for hydroxylation is 1. The van der Waals surface area contributed by atoms with E-state index in [9.17, 15) is 0 Å². The molecule has 0 spiro atoms. The molecule has 1 aromatic rings. The van der Waals surface area contributed by atoms with Crippen LogP contribution in [0.1, 0.15) is 36.3 Å². The van der Waals surface area contributed by atoms with Gasteiger partial charge in [0.2, 0.25) is 0 Å². The Morgan fingerprint density at radius 1 is 1.24 bits per heavy atom. The molecule has 2 heterocycles. The Morgan fingerprint density at radius 2 is 1.95 bits per heavy atom. The lowest BCUT2D eigenvalue weighted by Crippen LogP contribution is -2.37. The van der Waals surface area contributed by atoms with Gasteiger partial charge in [-0.2, -0.15) is 0 Å². The van der Waals surface area contributed by atoms with Crippen LogP contribution in [-0.4, -0.2) is 49.7 Å². The van der Waals surface area contributed by atoms with E-state index in [0.717, 1.165) is 18.5 Å². The summed E-state index contributed by atoms with van der Waals surface area (Å²) in [7, 11) is 4.35. The Bertz CT molecular complexity index is 459. The first-order chi connectivity index (χ1) is 10.1. The molecule has 1 aliphatic carbocycles. The van der Waals surface area contributed by atoms with Crippen LogP contribution in [-0.2, 0) is 6.54 Å². The molecule has 0 amide bonds. The molecule has 2 aliphatic rings. The van der Waals surface area contributed by atoms with Gasteiger partial charge in [0.05, 0.1) is 5.69 Å². The minimum absolute atomic E-state index is 0.775. The van der Waals surface area contributed by atoms with Gasteiger partial charge in [0, 0.05) is 37.1 Å². The predicted octanol–water partition coefficient (Wildman–Crippen LogP) is 2.48. The topological polar surface area (TPSA) is 31.4 Å². The first-order valence-electron chi connectivity index (χ1n) is 8.21. The van der Waals surface area contributed by atoms with E-state index in [-0.39, 0.29) is 0 Å². The molecule has 0 radical (unpaired) electrons. The van der Waals surface area contributed by atoms with Gasteiger partial charge in [-0.05, 0) is 52.6 Å². The van der Waals surface area contributed by atoms with E-state index in [1.54, 1.807) is 0 Å². The van der Waals surface area contributed by atoms with Crippen LogP contribution in [0.25, 0.3) is 0 Å². The summed E-state index contributed by atoms with van der Waals surface area (Å²) in [5, 5.41) is 4.84. The Hall–Kier alpha value is -0.650. The number of thiazole rings is 1. The van der Waals surface area contributed by atoms with E-state index in [2.05, 4.69) is 36.1 Å². The first kappa shape index (κ1) is 15.3. The number of anilines is 1. The summed E-state index contributed by atoms with van der Waals surface area (Å²) in [6.45, 7) is 6.72. The largest absolute Gasteiger partial charge is 0.348 e. The molecule has 0 atom stereocenters. The van der Waals surface area contributed by atoms with Crippen molar-refractivity contribution in [3.8, 4) is 0 Å². The number of hydrogen-bond donors (Lipinski definition) is 1. The maximum Gasteiger partial charge on any atom is 0.185 e. The molecule has 21 heavy (non-hydrogen) atoms. The Labute approximate surface area is 132 Å². The summed E-state index contributed by atoms with van der Waals surface area (Å²) >= 11 is 1.89. The van der Waals surface area contributed by atoms with Crippen molar-refractivity contribution in [1.29, 1.82) is 0 Å². The fraction of sp³-hybridized carbons (Fsp3) is 0.812. The van der Waals surface area contributed by atoms with Gasteiger partial charge in [-0.15, -0.1) is 11.3 Å². The zero-order valence-corrected chi connectivity index (χ0v) is 14.4. The van der Waals surface area contributed by atoms with Crippen LogP contribution in [0.5, 0.6) is 0 Å². The standard InChI is InChI=1S/C16H28N4S/c1-12-15(10-17-14-4-5-14)21-16(18-12)20-8-6-13(7-9-20)11-19(2)3/h13-14,17H,4-11H2,1-3H3. The van der Waals surface area contributed by atoms with Gasteiger partial charge in [-0.1, -0.05) is 0 Å². The summed E-state index contributed by atoms with van der Waals surface area (Å²) < 4.78 is 0. The smallest absolute Gasteiger partial charge is 0.185 e. The molecule has 5 heteroatoms. The maximum atomic E-state index is 4.81. The van der Waals surface area contributed by atoms with E-state index >= 15 is 0 Å². The number of rotatable bonds is 6. The third kappa shape index (κ3) is 4.18. The van der Waals surface area contributed by atoms with Crippen LogP contribution >= 0.6 is 11.3 Å². The van der Waals surface area contributed by atoms with Gasteiger partial charge in [-0.25, -0.2) is 4.98 Å². The van der Waals surface area contributed by atoms with Crippen molar-refractivity contribution >= 4 is 16.5 Å². The van der Waals surface area contributed by atoms with Gasteiger partial charge in [0.25, 0.3) is 0 Å². The molecule has 3 rings (SSSR count). The molecule has 1 saturated heterocycles. The lowest BCUT2D eigenvalue weighted by atomic mass is 9.97. The Kier molecular flexibility index (Phi) is 4.82. The summed E-state index contributed by atoms with van der Waals surface area (Å²) in [5.41, 5.74) is 1.22. The van der Waals surface area contributed by atoms with Crippen molar-refractivity contribution in [3.05, 3.63) is 10.6 Å². The Morgan fingerprint density at radius 3 is 2.57 bits per heavy atom. The van der Waals surface area contributed by atoms with Gasteiger partial charge in [-0.3, -0.25) is 0 Å². The van der Waals surface area contributed by atoms with Crippen LogP contribution in [0.2, 0.25) is 0 Å². The first-order valence-corrected chi connectivity index (χ1v) is 9.03. The van der Waals surface area contributed by atoms with Crippen LogP contribution in [0.15, 0.2) is 0 Å². The molecule has 1 aliphatic heterocycles. The summed E-state index contributed by atoms with van der Waals surface area (Å²) in [5.74, 6) is 0.855. The molecular weight excluding hydrogens is 280 g/mol. The number of aromatic nitrogens is 1. The highest BCUT2D eigenvalue weighted by atomic mass is 32.1. The van der Waals surface area contributed by atoms with E-state index in [0.29, 0.717) is 0 Å². The lowest BCUT2D eigenvalue weighted by molar-refractivity contribution is 0.285. The number of hydrogen-bond acceptors (Lipinski definition) is 5. The molecular formula is C16H28N4S. The second-order valence-electron chi connectivity index (χ2n) is 6.85. The minimum Gasteiger partial charge on any atom is -0.348 e. The molecule has 1 N–H and O–H groups in total. The quantitative estimate of drug-likeness (QED) is 0.875. The van der Waals surface area contributed by atoms with Crippen molar-refractivity contribution in [2.75, 3.05) is 38.6 Å². The Balaban J connectivity index is 1.53. The SMILES string of the molecule is Cc1nc(N2CCC(CN(C)C)CC2)sc1CNC1CC1. The van der Waals surface area contributed by atoms with Crippen LogP contribution in [0.4, 0.5) is 5.13 Å². The molecule has 4 nitrogen and oxygen atoms in total. The summed E-state index contributed by atoms with van der Waals surface area (Å²) in [6, 6.07) is 0.775. The van der Waals surface area contributed by atoms with Crippen molar-refractivity contribution in [2.24, 2.45) is 5.92 Å². The zero-order valence-electron chi connectivity index (χ0n) is 13.6. The number of piperidine rings is 1. The fourth-order valence-corrected chi connectivity index (χ4v) is 4.12. The fourth-order valence-electron chi connectivity index (χ4n) is 3.06. The van der Waals surface area contributed by atoms with Crippen LogP contribution in [0.3, 0.4) is 0 Å². The molecule has 118 valence electrons.